The Bertz CT molecular complexity index is 709. The van der Waals surface area contributed by atoms with Crippen LogP contribution < -0.4 is 10.2 Å². The average Bonchev–Trinajstić information content (AvgIpc) is 2.62. The lowest BCUT2D eigenvalue weighted by Crippen LogP contribution is -2.35. The molecule has 1 amide bonds. The van der Waals surface area contributed by atoms with Gasteiger partial charge < -0.3 is 10.2 Å². The van der Waals surface area contributed by atoms with Gasteiger partial charge in [-0.1, -0.05) is 32.9 Å². The zero-order chi connectivity index (χ0) is 17.8. The molecule has 0 saturated carbocycles. The molecule has 0 aliphatic carbocycles. The predicted octanol–water partition coefficient (Wildman–Crippen LogP) is 4.09. The number of benzene rings is 1. The number of rotatable bonds is 4. The number of amides is 1. The van der Waals surface area contributed by atoms with Gasteiger partial charge in [0.2, 0.25) is 0 Å². The SMILES string of the molecule is CC1CCCN(c2ccc(C(=O)Nc3ccc(C(C)C)cc3)nn2)C1. The van der Waals surface area contributed by atoms with Gasteiger partial charge in [-0.3, -0.25) is 4.79 Å². The maximum Gasteiger partial charge on any atom is 0.276 e. The fraction of sp³-hybridized carbons (Fsp3) is 0.450. The predicted molar refractivity (Wildman–Crippen MR) is 101 cm³/mol. The van der Waals surface area contributed by atoms with Crippen molar-refractivity contribution in [3.8, 4) is 0 Å². The van der Waals surface area contributed by atoms with Crippen molar-refractivity contribution in [3.05, 3.63) is 47.7 Å². The Hall–Kier alpha value is -2.43. The van der Waals surface area contributed by atoms with Crippen molar-refractivity contribution >= 4 is 17.4 Å². The van der Waals surface area contributed by atoms with Crippen LogP contribution in [0.25, 0.3) is 0 Å². The molecular weight excluding hydrogens is 312 g/mol. The highest BCUT2D eigenvalue weighted by Crippen LogP contribution is 2.21. The van der Waals surface area contributed by atoms with E-state index in [1.165, 1.54) is 18.4 Å². The standard InChI is InChI=1S/C20H26N4O/c1-14(2)16-6-8-17(9-7-16)21-20(25)18-10-11-19(23-22-18)24-12-4-5-15(3)13-24/h6-11,14-15H,4-5,12-13H2,1-3H3,(H,21,25). The van der Waals surface area contributed by atoms with Crippen molar-refractivity contribution in [2.24, 2.45) is 5.92 Å². The van der Waals surface area contributed by atoms with E-state index in [9.17, 15) is 4.79 Å². The molecular formula is C20H26N4O. The van der Waals surface area contributed by atoms with Gasteiger partial charge in [-0.2, -0.15) is 0 Å². The Kier molecular flexibility index (Phi) is 5.31. The van der Waals surface area contributed by atoms with E-state index in [1.807, 2.05) is 30.3 Å². The lowest BCUT2D eigenvalue weighted by molar-refractivity contribution is 0.102. The van der Waals surface area contributed by atoms with Gasteiger partial charge in [-0.05, 0) is 54.5 Å². The molecule has 1 aromatic heterocycles. The topological polar surface area (TPSA) is 58.1 Å². The van der Waals surface area contributed by atoms with Crippen LogP contribution in [-0.4, -0.2) is 29.2 Å². The Balaban J connectivity index is 1.64. The van der Waals surface area contributed by atoms with E-state index < -0.39 is 0 Å². The first kappa shape index (κ1) is 17.4. The molecule has 25 heavy (non-hydrogen) atoms. The van der Waals surface area contributed by atoms with Crippen LogP contribution in [0, 0.1) is 5.92 Å². The van der Waals surface area contributed by atoms with Crippen molar-refractivity contribution in [1.82, 2.24) is 10.2 Å². The highest BCUT2D eigenvalue weighted by Gasteiger charge is 2.18. The average molecular weight is 338 g/mol. The van der Waals surface area contributed by atoms with Crippen LogP contribution in [0.5, 0.6) is 0 Å². The Labute approximate surface area is 149 Å². The van der Waals surface area contributed by atoms with Crippen molar-refractivity contribution in [3.63, 3.8) is 0 Å². The van der Waals surface area contributed by atoms with Crippen LogP contribution in [-0.2, 0) is 0 Å². The van der Waals surface area contributed by atoms with Gasteiger partial charge in [0.05, 0.1) is 0 Å². The summed E-state index contributed by atoms with van der Waals surface area (Å²) in [6.07, 6.45) is 2.44. The molecule has 0 bridgehead atoms. The smallest absolute Gasteiger partial charge is 0.276 e. The number of piperidine rings is 1. The van der Waals surface area contributed by atoms with Gasteiger partial charge in [0, 0.05) is 18.8 Å². The normalized spacial score (nSPS) is 17.6. The second-order valence-electron chi connectivity index (χ2n) is 7.20. The molecule has 2 heterocycles. The molecule has 132 valence electrons. The number of hydrogen-bond donors (Lipinski definition) is 1. The summed E-state index contributed by atoms with van der Waals surface area (Å²) >= 11 is 0. The second-order valence-corrected chi connectivity index (χ2v) is 7.20. The van der Waals surface area contributed by atoms with Crippen LogP contribution in [0.2, 0.25) is 0 Å². The van der Waals surface area contributed by atoms with Crippen LogP contribution in [0.15, 0.2) is 36.4 Å². The third-order valence-corrected chi connectivity index (χ3v) is 4.70. The lowest BCUT2D eigenvalue weighted by atomic mass is 10.0. The van der Waals surface area contributed by atoms with Crippen molar-refractivity contribution < 1.29 is 4.79 Å². The largest absolute Gasteiger partial charge is 0.355 e. The maximum absolute atomic E-state index is 12.3. The summed E-state index contributed by atoms with van der Waals surface area (Å²) in [6.45, 7) is 8.56. The second kappa shape index (κ2) is 7.64. The first-order valence-corrected chi connectivity index (χ1v) is 9.03. The summed E-state index contributed by atoms with van der Waals surface area (Å²) in [7, 11) is 0. The minimum Gasteiger partial charge on any atom is -0.355 e. The van der Waals surface area contributed by atoms with E-state index in [-0.39, 0.29) is 5.91 Å². The number of aromatic nitrogens is 2. The van der Waals surface area contributed by atoms with Crippen LogP contribution in [0.1, 0.15) is 55.6 Å². The summed E-state index contributed by atoms with van der Waals surface area (Å²) in [5, 5.41) is 11.2. The lowest BCUT2D eigenvalue weighted by Gasteiger charge is -2.31. The van der Waals surface area contributed by atoms with Crippen molar-refractivity contribution in [2.75, 3.05) is 23.3 Å². The van der Waals surface area contributed by atoms with Gasteiger partial charge >= 0.3 is 0 Å². The number of nitrogens with zero attached hydrogens (tertiary/aromatic N) is 3. The first-order chi connectivity index (χ1) is 12.0. The summed E-state index contributed by atoms with van der Waals surface area (Å²) in [6, 6.07) is 11.6. The van der Waals surface area contributed by atoms with E-state index in [2.05, 4.69) is 41.2 Å². The molecule has 1 atom stereocenters. The number of carbonyl (C=O) groups is 1. The van der Waals surface area contributed by atoms with Crippen LogP contribution >= 0.6 is 0 Å². The fourth-order valence-corrected chi connectivity index (χ4v) is 3.16. The van der Waals surface area contributed by atoms with Crippen LogP contribution in [0.3, 0.4) is 0 Å². The monoisotopic (exact) mass is 338 g/mol. The van der Waals surface area contributed by atoms with Gasteiger partial charge in [-0.15, -0.1) is 10.2 Å². The quantitative estimate of drug-likeness (QED) is 0.912. The van der Waals surface area contributed by atoms with Gasteiger partial charge in [-0.25, -0.2) is 0 Å². The molecule has 5 nitrogen and oxygen atoms in total. The van der Waals surface area contributed by atoms with E-state index in [1.54, 1.807) is 6.07 Å². The van der Waals surface area contributed by atoms with Crippen LogP contribution in [0.4, 0.5) is 11.5 Å². The summed E-state index contributed by atoms with van der Waals surface area (Å²) in [5.74, 6) is 1.76. The van der Waals surface area contributed by atoms with E-state index in [0.717, 1.165) is 24.6 Å². The molecule has 2 aromatic rings. The minimum absolute atomic E-state index is 0.233. The number of anilines is 2. The Morgan fingerprint density at radius 2 is 1.92 bits per heavy atom. The number of hydrogen-bond acceptors (Lipinski definition) is 4. The molecule has 1 aromatic carbocycles. The molecule has 1 saturated heterocycles. The summed E-state index contributed by atoms with van der Waals surface area (Å²) < 4.78 is 0. The van der Waals surface area contributed by atoms with E-state index in [0.29, 0.717) is 17.5 Å². The molecule has 0 radical (unpaired) electrons. The zero-order valence-corrected chi connectivity index (χ0v) is 15.2. The highest BCUT2D eigenvalue weighted by molar-refractivity contribution is 6.02. The molecule has 1 fully saturated rings. The number of nitrogens with one attached hydrogen (secondary N) is 1. The summed E-state index contributed by atoms with van der Waals surface area (Å²) in [5.41, 5.74) is 2.35. The molecule has 1 aliphatic rings. The third kappa shape index (κ3) is 4.35. The van der Waals surface area contributed by atoms with Crippen molar-refractivity contribution in [1.29, 1.82) is 0 Å². The first-order valence-electron chi connectivity index (χ1n) is 9.03. The van der Waals surface area contributed by atoms with E-state index >= 15 is 0 Å². The fourth-order valence-electron chi connectivity index (χ4n) is 3.16. The van der Waals surface area contributed by atoms with Gasteiger partial charge in [0.15, 0.2) is 11.5 Å². The minimum atomic E-state index is -0.233. The third-order valence-electron chi connectivity index (χ3n) is 4.70. The molecule has 5 heteroatoms. The molecule has 0 spiro atoms. The van der Waals surface area contributed by atoms with Crippen molar-refractivity contribution in [2.45, 2.75) is 39.5 Å². The van der Waals surface area contributed by atoms with Gasteiger partial charge in [0.25, 0.3) is 5.91 Å². The molecule has 1 unspecified atom stereocenters. The number of carbonyl (C=O) groups excluding carboxylic acids is 1. The summed E-state index contributed by atoms with van der Waals surface area (Å²) in [4.78, 5) is 14.6. The Morgan fingerprint density at radius 1 is 1.16 bits per heavy atom. The molecule has 1 N–H and O–H groups in total. The highest BCUT2D eigenvalue weighted by atomic mass is 16.1. The molecule has 3 rings (SSSR count). The van der Waals surface area contributed by atoms with E-state index in [4.69, 9.17) is 0 Å². The van der Waals surface area contributed by atoms with Gasteiger partial charge in [0.1, 0.15) is 0 Å². The zero-order valence-electron chi connectivity index (χ0n) is 15.2. The Morgan fingerprint density at radius 3 is 2.52 bits per heavy atom. The maximum atomic E-state index is 12.3. The molecule has 1 aliphatic heterocycles.